The quantitative estimate of drug-likeness (QED) is 0.618. The molecule has 2 N–H and O–H groups in total. The molecule has 1 fully saturated rings. The molecule has 4 rings (SSSR count). The number of nitrogens with zero attached hydrogens (tertiary/aromatic N) is 2. The molecule has 3 aromatic rings. The minimum atomic E-state index is -0.633. The van der Waals surface area contributed by atoms with Gasteiger partial charge in [-0.3, -0.25) is 15.3 Å². The highest BCUT2D eigenvalue weighted by Gasteiger charge is 2.32. The van der Waals surface area contributed by atoms with Crippen molar-refractivity contribution in [1.29, 1.82) is 0 Å². The van der Waals surface area contributed by atoms with Crippen molar-refractivity contribution in [3.05, 3.63) is 59.0 Å². The van der Waals surface area contributed by atoms with Gasteiger partial charge in [-0.15, -0.1) is 0 Å². The maximum Gasteiger partial charge on any atom is 0.412 e. The maximum absolute atomic E-state index is 14.0. The van der Waals surface area contributed by atoms with Crippen molar-refractivity contribution in [2.45, 2.75) is 31.4 Å². The fraction of sp³-hybridized carbons (Fsp3) is 0.333. The van der Waals surface area contributed by atoms with Crippen molar-refractivity contribution in [3.8, 4) is 0 Å². The van der Waals surface area contributed by atoms with E-state index in [0.717, 1.165) is 36.7 Å². The third-order valence-corrected chi connectivity index (χ3v) is 5.53. The fourth-order valence-corrected chi connectivity index (χ4v) is 4.10. The van der Waals surface area contributed by atoms with Gasteiger partial charge in [0.2, 0.25) is 0 Å². The predicted molar refractivity (Wildman–Crippen MR) is 111 cm³/mol. The lowest BCUT2D eigenvalue weighted by Gasteiger charge is -2.37. The zero-order valence-corrected chi connectivity index (χ0v) is 16.7. The minimum absolute atomic E-state index is 0.0521. The Kier molecular flexibility index (Phi) is 5.69. The number of benzene rings is 2. The zero-order valence-electron chi connectivity index (χ0n) is 16.0. The van der Waals surface area contributed by atoms with Gasteiger partial charge in [-0.25, -0.2) is 9.18 Å². The molecule has 6 nitrogen and oxygen atoms in total. The second-order valence-corrected chi connectivity index (χ2v) is 7.81. The summed E-state index contributed by atoms with van der Waals surface area (Å²) in [4.78, 5) is 14.8. The molecule has 1 aliphatic heterocycles. The van der Waals surface area contributed by atoms with Crippen LogP contribution in [0.3, 0.4) is 0 Å². The summed E-state index contributed by atoms with van der Waals surface area (Å²) in [6.45, 7) is 0.895. The van der Waals surface area contributed by atoms with Crippen LogP contribution in [0.25, 0.3) is 10.9 Å². The fourth-order valence-electron chi connectivity index (χ4n) is 3.87. The molecule has 0 aliphatic carbocycles. The molecule has 2 aromatic carbocycles. The van der Waals surface area contributed by atoms with Gasteiger partial charge in [0.25, 0.3) is 0 Å². The number of likely N-dealkylation sites (N-methyl/N-ethyl adjacent to an activating group) is 1. The van der Waals surface area contributed by atoms with E-state index in [1.807, 2.05) is 13.1 Å². The van der Waals surface area contributed by atoms with Gasteiger partial charge in [0.1, 0.15) is 11.9 Å². The van der Waals surface area contributed by atoms with Gasteiger partial charge >= 0.3 is 6.09 Å². The lowest BCUT2D eigenvalue weighted by Crippen LogP contribution is -2.42. The number of carbonyl (C=O) groups is 1. The van der Waals surface area contributed by atoms with Gasteiger partial charge < -0.3 is 4.74 Å². The molecular weight excluding hydrogens is 395 g/mol. The first-order chi connectivity index (χ1) is 14.0. The summed E-state index contributed by atoms with van der Waals surface area (Å²) in [6.07, 6.45) is 3.41. The molecule has 29 heavy (non-hydrogen) atoms. The van der Waals surface area contributed by atoms with E-state index >= 15 is 0 Å². The predicted octanol–water partition coefficient (Wildman–Crippen LogP) is 5.13. The standard InChI is InChI=1S/C21H22ClFN4O2/c1-27-7-3-2-4-19(27)20(13-8-15(22)11-16(23)9-13)29-21(28)25-17-5-6-18-14(10-17)12-24-26-18/h5-6,8-12,19-20H,2-4,7H2,1H3,(H,24,26)(H,25,28). The molecule has 2 heterocycles. The SMILES string of the molecule is CN1CCCCC1C(OC(=O)Nc1ccc2[nH]ncc2c1)c1cc(F)cc(Cl)c1. The molecule has 8 heteroatoms. The van der Waals surface area contributed by atoms with E-state index in [-0.39, 0.29) is 11.1 Å². The van der Waals surface area contributed by atoms with Crippen LogP contribution in [0.2, 0.25) is 5.02 Å². The zero-order chi connectivity index (χ0) is 20.4. The molecule has 2 unspecified atom stereocenters. The minimum Gasteiger partial charge on any atom is -0.439 e. The van der Waals surface area contributed by atoms with Gasteiger partial charge in [0, 0.05) is 16.1 Å². The Bertz CT molecular complexity index is 1000. The number of H-pyrrole nitrogens is 1. The molecule has 2 atom stereocenters. The summed E-state index contributed by atoms with van der Waals surface area (Å²) >= 11 is 6.06. The van der Waals surface area contributed by atoms with Crippen LogP contribution in [-0.4, -0.2) is 40.8 Å². The van der Waals surface area contributed by atoms with E-state index in [2.05, 4.69) is 20.4 Å². The number of halogens is 2. The molecule has 1 amide bonds. The molecule has 152 valence electrons. The van der Waals surface area contributed by atoms with Crippen molar-refractivity contribution in [3.63, 3.8) is 0 Å². The monoisotopic (exact) mass is 416 g/mol. The van der Waals surface area contributed by atoms with E-state index < -0.39 is 18.0 Å². The number of fused-ring (bicyclic) bond motifs is 1. The maximum atomic E-state index is 14.0. The molecule has 0 bridgehead atoms. The summed E-state index contributed by atoms with van der Waals surface area (Å²) in [5.41, 5.74) is 2.02. The van der Waals surface area contributed by atoms with Crippen LogP contribution in [0.1, 0.15) is 30.9 Å². The van der Waals surface area contributed by atoms with Crippen molar-refractivity contribution in [2.24, 2.45) is 0 Å². The van der Waals surface area contributed by atoms with Gasteiger partial charge in [-0.2, -0.15) is 5.10 Å². The third kappa shape index (κ3) is 4.52. The second kappa shape index (κ2) is 8.39. The highest BCUT2D eigenvalue weighted by molar-refractivity contribution is 6.30. The summed E-state index contributed by atoms with van der Waals surface area (Å²) in [6, 6.07) is 9.63. The van der Waals surface area contributed by atoms with E-state index in [9.17, 15) is 9.18 Å². The first-order valence-corrected chi connectivity index (χ1v) is 9.94. The average Bonchev–Trinajstić information content (AvgIpc) is 3.14. The van der Waals surface area contributed by atoms with Gasteiger partial charge in [0.05, 0.1) is 17.8 Å². The van der Waals surface area contributed by atoms with Crippen LogP contribution in [0, 0.1) is 5.82 Å². The molecule has 0 saturated carbocycles. The number of ether oxygens (including phenoxy) is 1. The second-order valence-electron chi connectivity index (χ2n) is 7.37. The summed E-state index contributed by atoms with van der Waals surface area (Å²) in [7, 11) is 1.99. The number of rotatable bonds is 4. The lowest BCUT2D eigenvalue weighted by molar-refractivity contribution is 0.0256. The van der Waals surface area contributed by atoms with Crippen LogP contribution >= 0.6 is 11.6 Å². The number of amides is 1. The largest absolute Gasteiger partial charge is 0.439 e. The highest BCUT2D eigenvalue weighted by atomic mass is 35.5. The third-order valence-electron chi connectivity index (χ3n) is 5.31. The van der Waals surface area contributed by atoms with Crippen LogP contribution in [-0.2, 0) is 4.74 Å². The topological polar surface area (TPSA) is 70.2 Å². The van der Waals surface area contributed by atoms with Crippen molar-refractivity contribution in [1.82, 2.24) is 15.1 Å². The molecular formula is C21H22ClFN4O2. The molecule has 1 aliphatic rings. The first kappa shape index (κ1) is 19.7. The first-order valence-electron chi connectivity index (χ1n) is 9.56. The van der Waals surface area contributed by atoms with E-state index in [0.29, 0.717) is 11.3 Å². The van der Waals surface area contributed by atoms with E-state index in [1.165, 1.54) is 12.1 Å². The summed E-state index contributed by atoms with van der Waals surface area (Å²) < 4.78 is 19.8. The number of likely N-dealkylation sites (tertiary alicyclic amines) is 1. The van der Waals surface area contributed by atoms with Crippen LogP contribution in [0.5, 0.6) is 0 Å². The van der Waals surface area contributed by atoms with Crippen molar-refractivity contribution in [2.75, 3.05) is 18.9 Å². The number of aromatic amines is 1. The Morgan fingerprint density at radius 2 is 2.21 bits per heavy atom. The smallest absolute Gasteiger partial charge is 0.412 e. The van der Waals surface area contributed by atoms with Crippen LogP contribution in [0.4, 0.5) is 14.9 Å². The Hall–Kier alpha value is -2.64. The Morgan fingerprint density at radius 1 is 1.34 bits per heavy atom. The Labute approximate surface area is 173 Å². The lowest BCUT2D eigenvalue weighted by atomic mass is 9.93. The normalized spacial score (nSPS) is 18.5. The Balaban J connectivity index is 1.57. The molecule has 0 radical (unpaired) electrons. The van der Waals surface area contributed by atoms with Gasteiger partial charge in [0.15, 0.2) is 0 Å². The number of aromatic nitrogens is 2. The molecule has 1 aromatic heterocycles. The number of carbonyl (C=O) groups excluding carboxylic acids is 1. The van der Waals surface area contributed by atoms with Crippen LogP contribution in [0.15, 0.2) is 42.6 Å². The van der Waals surface area contributed by atoms with E-state index in [4.69, 9.17) is 16.3 Å². The molecule has 1 saturated heterocycles. The van der Waals surface area contributed by atoms with Crippen molar-refractivity contribution >= 4 is 34.3 Å². The molecule has 0 spiro atoms. The van der Waals surface area contributed by atoms with Crippen LogP contribution < -0.4 is 5.32 Å². The number of hydrogen-bond donors (Lipinski definition) is 2. The summed E-state index contributed by atoms with van der Waals surface area (Å²) in [5, 5.41) is 10.8. The van der Waals surface area contributed by atoms with E-state index in [1.54, 1.807) is 24.4 Å². The average molecular weight is 417 g/mol. The summed E-state index contributed by atoms with van der Waals surface area (Å²) in [5.74, 6) is -0.453. The number of piperidine rings is 1. The van der Waals surface area contributed by atoms with Gasteiger partial charge in [-0.1, -0.05) is 18.0 Å². The van der Waals surface area contributed by atoms with Gasteiger partial charge in [-0.05, 0) is 68.4 Å². The number of hydrogen-bond acceptors (Lipinski definition) is 4. The van der Waals surface area contributed by atoms with Crippen molar-refractivity contribution < 1.29 is 13.9 Å². The highest BCUT2D eigenvalue weighted by Crippen LogP contribution is 2.33. The number of nitrogens with one attached hydrogen (secondary N) is 2. The Morgan fingerprint density at radius 3 is 3.00 bits per heavy atom. The number of anilines is 1.